The molecule has 0 spiro atoms. The van der Waals surface area contributed by atoms with Gasteiger partial charge in [0.15, 0.2) is 0 Å². The van der Waals surface area contributed by atoms with E-state index in [0.717, 1.165) is 49.1 Å². The van der Waals surface area contributed by atoms with Crippen LogP contribution >= 0.6 is 10.8 Å². The minimum Gasteiger partial charge on any atom is -0.212 e. The largest absolute Gasteiger partial charge is 0.235 e. The average molecular weight is 304 g/mol. The van der Waals surface area contributed by atoms with Gasteiger partial charge in [-0.25, -0.2) is 8.42 Å². The zero-order valence-corrected chi connectivity index (χ0v) is 13.6. The molecule has 3 rings (SSSR count). The second-order valence-corrected chi connectivity index (χ2v) is 9.22. The van der Waals surface area contributed by atoms with Crippen LogP contribution in [0.5, 0.6) is 0 Å². The van der Waals surface area contributed by atoms with E-state index in [1.165, 1.54) is 0 Å². The fraction of sp³-hybridized carbons (Fsp3) is 0.250. The molecule has 2 aromatic rings. The summed E-state index contributed by atoms with van der Waals surface area (Å²) >= 11 is 0. The van der Waals surface area contributed by atoms with Crippen LogP contribution in [0.25, 0.3) is 11.1 Å². The van der Waals surface area contributed by atoms with Gasteiger partial charge in [0.1, 0.15) is 0 Å². The highest BCUT2D eigenvalue weighted by molar-refractivity contribution is 8.72. The number of fused-ring (bicyclic) bond motifs is 3. The number of aryl methyl sites for hydroxylation is 4. The highest BCUT2D eigenvalue weighted by Crippen LogP contribution is 2.49. The Bertz CT molecular complexity index is 834. The SMILES string of the molecule is Cc1cc(C)c2c(c1)SS(=O)(=O)c1cc(C)cc(C)c1-2. The molecule has 1 heterocycles. The summed E-state index contributed by atoms with van der Waals surface area (Å²) < 4.78 is 25.1. The van der Waals surface area contributed by atoms with Crippen molar-refractivity contribution in [3.63, 3.8) is 0 Å². The Morgan fingerprint density at radius 2 is 1.35 bits per heavy atom. The first kappa shape index (κ1) is 13.7. The molecule has 0 saturated carbocycles. The molecule has 20 heavy (non-hydrogen) atoms. The van der Waals surface area contributed by atoms with E-state index in [1.807, 2.05) is 39.8 Å². The van der Waals surface area contributed by atoms with Crippen molar-refractivity contribution in [3.05, 3.63) is 46.5 Å². The number of rotatable bonds is 0. The molecule has 0 N–H and O–H groups in total. The number of hydrogen-bond acceptors (Lipinski definition) is 3. The monoisotopic (exact) mass is 304 g/mol. The van der Waals surface area contributed by atoms with Crippen LogP contribution < -0.4 is 0 Å². The third-order valence-corrected chi connectivity index (χ3v) is 6.92. The molecular weight excluding hydrogens is 288 g/mol. The summed E-state index contributed by atoms with van der Waals surface area (Å²) in [6, 6.07) is 7.91. The topological polar surface area (TPSA) is 34.1 Å². The lowest BCUT2D eigenvalue weighted by molar-refractivity contribution is 0.610. The predicted octanol–water partition coefficient (Wildman–Crippen LogP) is 4.38. The summed E-state index contributed by atoms with van der Waals surface area (Å²) in [4.78, 5) is 1.31. The van der Waals surface area contributed by atoms with Gasteiger partial charge in [0.2, 0.25) is 8.87 Å². The molecule has 1 aliphatic heterocycles. The van der Waals surface area contributed by atoms with Crippen molar-refractivity contribution in [1.82, 2.24) is 0 Å². The lowest BCUT2D eigenvalue weighted by Crippen LogP contribution is -2.08. The minimum atomic E-state index is -3.32. The van der Waals surface area contributed by atoms with E-state index in [2.05, 4.69) is 6.07 Å². The smallest absolute Gasteiger partial charge is 0.212 e. The van der Waals surface area contributed by atoms with Gasteiger partial charge in [0.25, 0.3) is 0 Å². The van der Waals surface area contributed by atoms with Crippen LogP contribution in [-0.4, -0.2) is 8.42 Å². The third kappa shape index (κ3) is 1.98. The lowest BCUT2D eigenvalue weighted by atomic mass is 9.94. The van der Waals surface area contributed by atoms with E-state index < -0.39 is 8.87 Å². The Kier molecular flexibility index (Phi) is 2.99. The molecule has 0 unspecified atom stereocenters. The maximum atomic E-state index is 12.5. The molecule has 104 valence electrons. The van der Waals surface area contributed by atoms with Gasteiger partial charge in [-0.05, 0) is 62.1 Å². The van der Waals surface area contributed by atoms with Crippen molar-refractivity contribution in [1.29, 1.82) is 0 Å². The molecule has 0 saturated heterocycles. The molecule has 0 radical (unpaired) electrons. The van der Waals surface area contributed by atoms with Crippen LogP contribution in [0.4, 0.5) is 0 Å². The quantitative estimate of drug-likeness (QED) is 0.677. The molecule has 0 amide bonds. The summed E-state index contributed by atoms with van der Waals surface area (Å²) in [5, 5.41) is 0. The third-order valence-electron chi connectivity index (χ3n) is 3.61. The van der Waals surface area contributed by atoms with E-state index in [-0.39, 0.29) is 0 Å². The van der Waals surface area contributed by atoms with E-state index in [9.17, 15) is 8.42 Å². The normalized spacial score (nSPS) is 15.6. The van der Waals surface area contributed by atoms with Crippen molar-refractivity contribution >= 4 is 19.7 Å². The zero-order valence-electron chi connectivity index (χ0n) is 11.9. The lowest BCUT2D eigenvalue weighted by Gasteiger charge is -2.24. The first-order chi connectivity index (χ1) is 9.29. The van der Waals surface area contributed by atoms with Gasteiger partial charge in [0, 0.05) is 26.8 Å². The van der Waals surface area contributed by atoms with E-state index >= 15 is 0 Å². The standard InChI is InChI=1S/C16H16O2S2/c1-9-5-11(3)15-13(7-9)19-20(17,18)14-8-10(2)6-12(4)16(14)15/h5-8H,1-4H3. The van der Waals surface area contributed by atoms with Gasteiger partial charge < -0.3 is 0 Å². The van der Waals surface area contributed by atoms with Crippen molar-refractivity contribution in [3.8, 4) is 11.1 Å². The second kappa shape index (κ2) is 4.37. The summed E-state index contributed by atoms with van der Waals surface area (Å²) in [6.45, 7) is 7.97. The zero-order chi connectivity index (χ0) is 14.7. The van der Waals surface area contributed by atoms with Crippen LogP contribution in [0, 0.1) is 27.7 Å². The van der Waals surface area contributed by atoms with Gasteiger partial charge in [-0.2, -0.15) is 0 Å². The Balaban J connectivity index is 2.49. The van der Waals surface area contributed by atoms with Gasteiger partial charge in [-0.3, -0.25) is 0 Å². The Morgan fingerprint density at radius 1 is 0.800 bits per heavy atom. The van der Waals surface area contributed by atoms with Gasteiger partial charge >= 0.3 is 0 Å². The molecule has 0 bridgehead atoms. The molecule has 0 aromatic heterocycles. The van der Waals surface area contributed by atoms with Gasteiger partial charge in [-0.15, -0.1) is 0 Å². The maximum absolute atomic E-state index is 12.5. The summed E-state index contributed by atoms with van der Waals surface area (Å²) in [6.07, 6.45) is 0. The number of hydrogen-bond donors (Lipinski definition) is 0. The highest BCUT2D eigenvalue weighted by atomic mass is 33.1. The minimum absolute atomic E-state index is 0.458. The van der Waals surface area contributed by atoms with Gasteiger partial charge in [-0.1, -0.05) is 12.1 Å². The fourth-order valence-electron chi connectivity index (χ4n) is 2.92. The first-order valence-electron chi connectivity index (χ1n) is 6.47. The highest BCUT2D eigenvalue weighted by Gasteiger charge is 2.31. The first-order valence-corrected chi connectivity index (χ1v) is 9.28. The maximum Gasteiger partial charge on any atom is 0.235 e. The molecule has 2 nitrogen and oxygen atoms in total. The Labute approximate surface area is 123 Å². The van der Waals surface area contributed by atoms with Crippen LogP contribution in [0.2, 0.25) is 0 Å². The van der Waals surface area contributed by atoms with E-state index in [1.54, 1.807) is 6.07 Å². The van der Waals surface area contributed by atoms with Crippen molar-refractivity contribution in [2.45, 2.75) is 37.5 Å². The predicted molar refractivity (Wildman–Crippen MR) is 83.9 cm³/mol. The summed E-state index contributed by atoms with van der Waals surface area (Å²) in [7, 11) is -2.34. The average Bonchev–Trinajstić information content (AvgIpc) is 2.28. The summed E-state index contributed by atoms with van der Waals surface area (Å²) in [5.74, 6) is 0. The van der Waals surface area contributed by atoms with Crippen LogP contribution in [0.1, 0.15) is 22.3 Å². The van der Waals surface area contributed by atoms with Crippen molar-refractivity contribution in [2.24, 2.45) is 0 Å². The van der Waals surface area contributed by atoms with Gasteiger partial charge in [0.05, 0.1) is 4.90 Å². The number of benzene rings is 2. The molecule has 1 aliphatic rings. The Morgan fingerprint density at radius 3 is 2.00 bits per heavy atom. The van der Waals surface area contributed by atoms with Crippen molar-refractivity contribution < 1.29 is 8.42 Å². The second-order valence-electron chi connectivity index (χ2n) is 5.45. The molecule has 0 atom stereocenters. The molecular formula is C16H16O2S2. The molecule has 0 fully saturated rings. The molecule has 2 aromatic carbocycles. The summed E-state index contributed by atoms with van der Waals surface area (Å²) in [5.41, 5.74) is 6.19. The van der Waals surface area contributed by atoms with E-state index in [4.69, 9.17) is 0 Å². The molecule has 4 heteroatoms. The van der Waals surface area contributed by atoms with Crippen LogP contribution in [0.15, 0.2) is 34.1 Å². The van der Waals surface area contributed by atoms with Crippen LogP contribution in [-0.2, 0) is 8.87 Å². The fourth-order valence-corrected chi connectivity index (χ4v) is 6.44. The Hall–Kier alpha value is -1.26. The van der Waals surface area contributed by atoms with Crippen LogP contribution in [0.3, 0.4) is 0 Å². The van der Waals surface area contributed by atoms with Crippen molar-refractivity contribution in [2.75, 3.05) is 0 Å². The molecule has 0 aliphatic carbocycles. The van der Waals surface area contributed by atoms with E-state index in [0.29, 0.717) is 4.90 Å².